The van der Waals surface area contributed by atoms with Gasteiger partial charge in [-0.05, 0) is 42.9 Å². The van der Waals surface area contributed by atoms with E-state index in [0.29, 0.717) is 0 Å². The lowest BCUT2D eigenvalue weighted by Gasteiger charge is -2.31. The second-order valence-corrected chi connectivity index (χ2v) is 7.49. The van der Waals surface area contributed by atoms with Crippen LogP contribution < -0.4 is 5.73 Å². The fourth-order valence-corrected chi connectivity index (χ4v) is 3.81. The molecule has 25 heavy (non-hydrogen) atoms. The molecule has 0 radical (unpaired) electrons. The summed E-state index contributed by atoms with van der Waals surface area (Å²) in [6.07, 6.45) is 2.77. The molecule has 2 N–H and O–H groups in total. The average Bonchev–Trinajstić information content (AvgIpc) is 2.89. The molecule has 2 aliphatic heterocycles. The minimum absolute atomic E-state index is 0.111. The maximum Gasteiger partial charge on any atom is 0.239 e. The number of hydrogen-bond donors (Lipinski definition) is 1. The summed E-state index contributed by atoms with van der Waals surface area (Å²) in [6.45, 7) is 5.77. The molecular formula is C19H28ClN3O2. The summed E-state index contributed by atoms with van der Waals surface area (Å²) in [4.78, 5) is 17.1. The van der Waals surface area contributed by atoms with Crippen molar-refractivity contribution in [2.45, 2.75) is 31.8 Å². The maximum atomic E-state index is 12.8. The van der Waals surface area contributed by atoms with Crippen molar-refractivity contribution in [1.82, 2.24) is 9.80 Å². The van der Waals surface area contributed by atoms with Gasteiger partial charge in [-0.1, -0.05) is 23.7 Å². The molecule has 1 atom stereocenters. The fraction of sp³-hybridized carbons (Fsp3) is 0.632. The first-order chi connectivity index (χ1) is 12.1. The molecule has 0 spiro atoms. The maximum absolute atomic E-state index is 12.8. The first-order valence-corrected chi connectivity index (χ1v) is 9.60. The van der Waals surface area contributed by atoms with Crippen LogP contribution in [0.3, 0.4) is 0 Å². The Morgan fingerprint density at radius 3 is 2.60 bits per heavy atom. The third-order valence-electron chi connectivity index (χ3n) is 5.28. The minimum atomic E-state index is -0.383. The number of carbonyl (C=O) groups is 1. The van der Waals surface area contributed by atoms with Gasteiger partial charge in [0.15, 0.2) is 0 Å². The van der Waals surface area contributed by atoms with E-state index < -0.39 is 0 Å². The highest BCUT2D eigenvalue weighted by Gasteiger charge is 2.30. The molecule has 0 saturated carbocycles. The van der Waals surface area contributed by atoms with Gasteiger partial charge >= 0.3 is 0 Å². The Kier molecular flexibility index (Phi) is 6.70. The van der Waals surface area contributed by atoms with Gasteiger partial charge in [0.25, 0.3) is 0 Å². The van der Waals surface area contributed by atoms with E-state index in [0.717, 1.165) is 70.2 Å². The highest BCUT2D eigenvalue weighted by Crippen LogP contribution is 2.20. The zero-order chi connectivity index (χ0) is 17.6. The van der Waals surface area contributed by atoms with Crippen LogP contribution in [-0.2, 0) is 16.1 Å². The predicted octanol–water partition coefficient (Wildman–Crippen LogP) is 2.13. The van der Waals surface area contributed by atoms with E-state index in [1.165, 1.54) is 5.56 Å². The van der Waals surface area contributed by atoms with E-state index in [2.05, 4.69) is 17.0 Å². The minimum Gasteiger partial charge on any atom is -0.381 e. The molecule has 138 valence electrons. The van der Waals surface area contributed by atoms with Crippen molar-refractivity contribution in [1.29, 1.82) is 0 Å². The van der Waals surface area contributed by atoms with Gasteiger partial charge in [0.1, 0.15) is 0 Å². The number of halogens is 1. The molecule has 5 nitrogen and oxygen atoms in total. The normalized spacial score (nSPS) is 21.8. The van der Waals surface area contributed by atoms with Crippen LogP contribution in [0, 0.1) is 5.92 Å². The van der Waals surface area contributed by atoms with Gasteiger partial charge in [-0.3, -0.25) is 9.69 Å². The molecule has 6 heteroatoms. The molecule has 0 bridgehead atoms. The number of nitrogens with two attached hydrogens (primary N) is 1. The molecule has 1 amide bonds. The number of rotatable bonds is 4. The number of amides is 1. The summed E-state index contributed by atoms with van der Waals surface area (Å²) < 4.78 is 5.38. The van der Waals surface area contributed by atoms with E-state index in [9.17, 15) is 4.79 Å². The highest BCUT2D eigenvalue weighted by atomic mass is 35.5. The quantitative estimate of drug-likeness (QED) is 0.888. The Balaban J connectivity index is 1.51. The van der Waals surface area contributed by atoms with Crippen LogP contribution in [0.4, 0.5) is 0 Å². The Morgan fingerprint density at radius 1 is 1.16 bits per heavy atom. The van der Waals surface area contributed by atoms with Crippen molar-refractivity contribution in [2.24, 2.45) is 11.7 Å². The number of carbonyl (C=O) groups excluding carboxylic acids is 1. The van der Waals surface area contributed by atoms with Gasteiger partial charge in [0, 0.05) is 51.0 Å². The molecular weight excluding hydrogens is 338 g/mol. The first-order valence-electron chi connectivity index (χ1n) is 9.22. The molecule has 0 aromatic heterocycles. The number of nitrogens with zero attached hydrogens (tertiary/aromatic N) is 2. The second-order valence-electron chi connectivity index (χ2n) is 7.06. The SMILES string of the molecule is NC(C(=O)N1CCCN(Cc2ccc(Cl)cc2)CC1)C1CCOCC1. The Hall–Kier alpha value is -1.14. The van der Waals surface area contributed by atoms with Crippen LogP contribution in [-0.4, -0.2) is 61.1 Å². The van der Waals surface area contributed by atoms with Crippen LogP contribution in [0.1, 0.15) is 24.8 Å². The third kappa shape index (κ3) is 5.17. The molecule has 2 heterocycles. The first kappa shape index (κ1) is 18.6. The average molecular weight is 366 g/mol. The van der Waals surface area contributed by atoms with Crippen molar-refractivity contribution in [3.05, 3.63) is 34.9 Å². The van der Waals surface area contributed by atoms with Crippen LogP contribution in [0.5, 0.6) is 0 Å². The van der Waals surface area contributed by atoms with Crippen LogP contribution in [0.15, 0.2) is 24.3 Å². The standard InChI is InChI=1S/C19H28ClN3O2/c20-17-4-2-15(3-5-17)14-22-8-1-9-23(11-10-22)19(24)18(21)16-6-12-25-13-7-16/h2-5,16,18H,1,6-14,21H2. The van der Waals surface area contributed by atoms with Gasteiger partial charge in [0.2, 0.25) is 5.91 Å². The van der Waals surface area contributed by atoms with Gasteiger partial charge in [-0.2, -0.15) is 0 Å². The molecule has 0 aliphatic carbocycles. The summed E-state index contributed by atoms with van der Waals surface area (Å²) in [7, 11) is 0. The van der Waals surface area contributed by atoms with E-state index in [-0.39, 0.29) is 17.9 Å². The molecule has 2 fully saturated rings. The van der Waals surface area contributed by atoms with Gasteiger partial charge in [-0.15, -0.1) is 0 Å². The predicted molar refractivity (Wildman–Crippen MR) is 99.4 cm³/mol. The largest absolute Gasteiger partial charge is 0.381 e. The van der Waals surface area contributed by atoms with Crippen molar-refractivity contribution < 1.29 is 9.53 Å². The van der Waals surface area contributed by atoms with E-state index in [1.54, 1.807) is 0 Å². The van der Waals surface area contributed by atoms with Crippen LogP contribution >= 0.6 is 11.6 Å². The Bertz CT molecular complexity index is 560. The summed E-state index contributed by atoms with van der Waals surface area (Å²) in [5, 5.41) is 0.762. The molecule has 1 unspecified atom stereocenters. The van der Waals surface area contributed by atoms with Crippen molar-refractivity contribution >= 4 is 17.5 Å². The fourth-order valence-electron chi connectivity index (χ4n) is 3.68. The molecule has 2 aliphatic rings. The second kappa shape index (κ2) is 8.99. The van der Waals surface area contributed by atoms with Gasteiger partial charge in [0.05, 0.1) is 6.04 Å². The zero-order valence-electron chi connectivity index (χ0n) is 14.7. The summed E-state index contributed by atoms with van der Waals surface area (Å²) in [5.74, 6) is 0.370. The lowest BCUT2D eigenvalue weighted by atomic mass is 9.91. The molecule has 1 aromatic carbocycles. The number of hydrogen-bond acceptors (Lipinski definition) is 4. The summed E-state index contributed by atoms with van der Waals surface area (Å²) in [5.41, 5.74) is 7.53. The number of ether oxygens (including phenoxy) is 1. The molecule has 1 aromatic rings. The summed E-state index contributed by atoms with van der Waals surface area (Å²) >= 11 is 5.95. The highest BCUT2D eigenvalue weighted by molar-refractivity contribution is 6.30. The molecule has 2 saturated heterocycles. The van der Waals surface area contributed by atoms with Crippen molar-refractivity contribution in [3.63, 3.8) is 0 Å². The number of benzene rings is 1. The zero-order valence-corrected chi connectivity index (χ0v) is 15.5. The Morgan fingerprint density at radius 2 is 1.88 bits per heavy atom. The van der Waals surface area contributed by atoms with Crippen LogP contribution in [0.2, 0.25) is 5.02 Å². The third-order valence-corrected chi connectivity index (χ3v) is 5.53. The smallest absolute Gasteiger partial charge is 0.239 e. The summed E-state index contributed by atoms with van der Waals surface area (Å²) in [6, 6.07) is 7.61. The topological polar surface area (TPSA) is 58.8 Å². The van der Waals surface area contributed by atoms with E-state index >= 15 is 0 Å². The van der Waals surface area contributed by atoms with E-state index in [1.807, 2.05) is 17.0 Å². The van der Waals surface area contributed by atoms with Gasteiger partial charge < -0.3 is 15.4 Å². The Labute approximate surface area is 155 Å². The van der Waals surface area contributed by atoms with Crippen molar-refractivity contribution in [3.8, 4) is 0 Å². The lowest BCUT2D eigenvalue weighted by molar-refractivity contribution is -0.134. The van der Waals surface area contributed by atoms with Gasteiger partial charge in [-0.25, -0.2) is 0 Å². The van der Waals surface area contributed by atoms with Crippen LogP contribution in [0.25, 0.3) is 0 Å². The van der Waals surface area contributed by atoms with Crippen molar-refractivity contribution in [2.75, 3.05) is 39.4 Å². The van der Waals surface area contributed by atoms with E-state index in [4.69, 9.17) is 22.1 Å². The molecule has 3 rings (SSSR count). The monoisotopic (exact) mass is 365 g/mol. The lowest BCUT2D eigenvalue weighted by Crippen LogP contribution is -2.49.